The monoisotopic (exact) mass is 322 g/mol. The lowest BCUT2D eigenvalue weighted by Crippen LogP contribution is -2.25. The normalized spacial score (nSPS) is 14.1. The first-order chi connectivity index (χ1) is 11.5. The number of benzene rings is 2. The molecule has 0 N–H and O–H groups in total. The van der Waals surface area contributed by atoms with Crippen LogP contribution in [0, 0.1) is 13.8 Å². The highest BCUT2D eigenvalue weighted by Gasteiger charge is 2.23. The molecule has 0 aliphatic heterocycles. The van der Waals surface area contributed by atoms with E-state index in [9.17, 15) is 9.59 Å². The van der Waals surface area contributed by atoms with Crippen molar-refractivity contribution in [3.63, 3.8) is 0 Å². The maximum Gasteiger partial charge on any atom is 0.339 e. The number of ether oxygens (including phenoxy) is 1. The number of Topliss-reactive ketones (excluding diaryl/α,β-unsaturated/α-hetero) is 1. The fourth-order valence-electron chi connectivity index (χ4n) is 3.21. The van der Waals surface area contributed by atoms with Crippen LogP contribution < -0.4 is 0 Å². The largest absolute Gasteiger partial charge is 0.451 e. The molecule has 0 saturated heterocycles. The van der Waals surface area contributed by atoms with E-state index in [1.807, 2.05) is 44.2 Å². The van der Waals surface area contributed by atoms with Crippen LogP contribution in [0.3, 0.4) is 0 Å². The molecule has 124 valence electrons. The van der Waals surface area contributed by atoms with E-state index in [0.29, 0.717) is 11.1 Å². The Hall–Kier alpha value is -2.42. The highest BCUT2D eigenvalue weighted by molar-refractivity contribution is 6.01. The minimum Gasteiger partial charge on any atom is -0.451 e. The molecule has 24 heavy (non-hydrogen) atoms. The number of aryl methyl sites for hydroxylation is 3. The van der Waals surface area contributed by atoms with Gasteiger partial charge in [-0.1, -0.05) is 24.3 Å². The summed E-state index contributed by atoms with van der Waals surface area (Å²) >= 11 is 0. The number of esters is 1. The third kappa shape index (κ3) is 3.12. The number of carbonyl (C=O) groups excluding carboxylic acids is 2. The standard InChI is InChI=1S/C21H22O3/c1-13-6-4-9-19(14(13)2)21(23)24-15(3)20(22)18-11-10-16-7-5-8-17(16)12-18/h4,6,9-12,15H,5,7-8H2,1-3H3/t15-/m1/s1. The Morgan fingerprint density at radius 1 is 1.04 bits per heavy atom. The van der Waals surface area contributed by atoms with Crippen LogP contribution in [0.5, 0.6) is 0 Å². The molecule has 0 spiro atoms. The Kier molecular flexibility index (Phi) is 4.52. The summed E-state index contributed by atoms with van der Waals surface area (Å²) in [6.45, 7) is 5.47. The van der Waals surface area contributed by atoms with E-state index in [1.165, 1.54) is 11.1 Å². The van der Waals surface area contributed by atoms with Crippen molar-refractivity contribution >= 4 is 11.8 Å². The van der Waals surface area contributed by atoms with Crippen LogP contribution in [-0.4, -0.2) is 17.9 Å². The lowest BCUT2D eigenvalue weighted by molar-refractivity contribution is 0.0318. The van der Waals surface area contributed by atoms with Gasteiger partial charge in [-0.2, -0.15) is 0 Å². The van der Waals surface area contributed by atoms with Crippen molar-refractivity contribution in [2.75, 3.05) is 0 Å². The van der Waals surface area contributed by atoms with Gasteiger partial charge in [0.05, 0.1) is 5.56 Å². The summed E-state index contributed by atoms with van der Waals surface area (Å²) in [6, 6.07) is 11.3. The van der Waals surface area contributed by atoms with Crippen molar-refractivity contribution < 1.29 is 14.3 Å². The zero-order valence-corrected chi connectivity index (χ0v) is 14.4. The Labute approximate surface area is 142 Å². The van der Waals surface area contributed by atoms with E-state index in [-0.39, 0.29) is 5.78 Å². The zero-order chi connectivity index (χ0) is 17.3. The van der Waals surface area contributed by atoms with Crippen LogP contribution in [0.15, 0.2) is 36.4 Å². The van der Waals surface area contributed by atoms with E-state index in [0.717, 1.165) is 30.4 Å². The van der Waals surface area contributed by atoms with Gasteiger partial charge in [0.15, 0.2) is 6.10 Å². The summed E-state index contributed by atoms with van der Waals surface area (Å²) in [4.78, 5) is 25.0. The van der Waals surface area contributed by atoms with E-state index in [1.54, 1.807) is 13.0 Å². The van der Waals surface area contributed by atoms with Gasteiger partial charge in [-0.25, -0.2) is 4.79 Å². The van der Waals surface area contributed by atoms with Gasteiger partial charge in [0.1, 0.15) is 0 Å². The number of hydrogen-bond donors (Lipinski definition) is 0. The van der Waals surface area contributed by atoms with Gasteiger partial charge in [0, 0.05) is 5.56 Å². The number of carbonyl (C=O) groups is 2. The third-order valence-corrected chi connectivity index (χ3v) is 4.86. The van der Waals surface area contributed by atoms with E-state index in [2.05, 4.69) is 0 Å². The average Bonchev–Trinajstić information content (AvgIpc) is 3.04. The minimum absolute atomic E-state index is 0.150. The number of ketones is 1. The fraction of sp³-hybridized carbons (Fsp3) is 0.333. The smallest absolute Gasteiger partial charge is 0.339 e. The first-order valence-corrected chi connectivity index (χ1v) is 8.40. The molecule has 0 unspecified atom stereocenters. The van der Waals surface area contributed by atoms with Gasteiger partial charge in [-0.05, 0) is 74.4 Å². The summed E-state index contributed by atoms with van der Waals surface area (Å²) in [5.74, 6) is -0.596. The second-order valence-corrected chi connectivity index (χ2v) is 6.50. The predicted molar refractivity (Wildman–Crippen MR) is 93.6 cm³/mol. The van der Waals surface area contributed by atoms with Crippen molar-refractivity contribution in [3.05, 3.63) is 69.8 Å². The lowest BCUT2D eigenvalue weighted by atomic mass is 10.0. The van der Waals surface area contributed by atoms with Crippen molar-refractivity contribution in [1.29, 1.82) is 0 Å². The summed E-state index contributed by atoms with van der Waals surface area (Å²) < 4.78 is 5.42. The number of fused-ring (bicyclic) bond motifs is 1. The highest BCUT2D eigenvalue weighted by Crippen LogP contribution is 2.24. The van der Waals surface area contributed by atoms with Gasteiger partial charge in [-0.15, -0.1) is 0 Å². The summed E-state index contributed by atoms with van der Waals surface area (Å²) in [5.41, 5.74) is 5.63. The molecule has 3 rings (SSSR count). The molecule has 1 atom stereocenters. The number of hydrogen-bond acceptors (Lipinski definition) is 3. The van der Waals surface area contributed by atoms with Gasteiger partial charge in [0.2, 0.25) is 5.78 Å². The van der Waals surface area contributed by atoms with Crippen molar-refractivity contribution in [3.8, 4) is 0 Å². The molecule has 0 saturated carbocycles. The van der Waals surface area contributed by atoms with Crippen molar-refractivity contribution in [1.82, 2.24) is 0 Å². The fourth-order valence-corrected chi connectivity index (χ4v) is 3.21. The Balaban J connectivity index is 1.74. The maximum atomic E-state index is 12.6. The van der Waals surface area contributed by atoms with Crippen LogP contribution in [0.1, 0.15) is 56.3 Å². The summed E-state index contributed by atoms with van der Waals surface area (Å²) in [7, 11) is 0. The Morgan fingerprint density at radius 3 is 2.58 bits per heavy atom. The first-order valence-electron chi connectivity index (χ1n) is 8.40. The summed E-state index contributed by atoms with van der Waals surface area (Å²) in [6.07, 6.45) is 2.45. The maximum absolute atomic E-state index is 12.6. The molecule has 3 heteroatoms. The predicted octanol–water partition coefficient (Wildman–Crippen LogP) is 4.22. The Morgan fingerprint density at radius 2 is 1.79 bits per heavy atom. The lowest BCUT2D eigenvalue weighted by Gasteiger charge is -2.14. The van der Waals surface area contributed by atoms with Crippen LogP contribution in [-0.2, 0) is 17.6 Å². The Bertz CT molecular complexity index is 805. The minimum atomic E-state index is -0.795. The third-order valence-electron chi connectivity index (χ3n) is 4.86. The van der Waals surface area contributed by atoms with Gasteiger partial charge >= 0.3 is 5.97 Å². The summed E-state index contributed by atoms with van der Waals surface area (Å²) in [5, 5.41) is 0. The number of rotatable bonds is 4. The molecular formula is C21H22O3. The zero-order valence-electron chi connectivity index (χ0n) is 14.4. The molecule has 0 heterocycles. The quantitative estimate of drug-likeness (QED) is 0.625. The van der Waals surface area contributed by atoms with E-state index < -0.39 is 12.1 Å². The van der Waals surface area contributed by atoms with Gasteiger partial charge in [0.25, 0.3) is 0 Å². The molecule has 0 aromatic heterocycles. The molecule has 3 nitrogen and oxygen atoms in total. The molecule has 2 aromatic carbocycles. The SMILES string of the molecule is Cc1cccc(C(=O)O[C@H](C)C(=O)c2ccc3c(c2)CCC3)c1C. The first kappa shape index (κ1) is 16.4. The van der Waals surface area contributed by atoms with Crippen LogP contribution in [0.4, 0.5) is 0 Å². The van der Waals surface area contributed by atoms with Gasteiger partial charge < -0.3 is 4.74 Å². The molecule has 1 aliphatic rings. The topological polar surface area (TPSA) is 43.4 Å². The van der Waals surface area contributed by atoms with Crippen LogP contribution in [0.2, 0.25) is 0 Å². The second kappa shape index (κ2) is 6.60. The van der Waals surface area contributed by atoms with E-state index in [4.69, 9.17) is 4.74 Å². The molecule has 0 amide bonds. The molecule has 0 bridgehead atoms. The average molecular weight is 322 g/mol. The second-order valence-electron chi connectivity index (χ2n) is 6.50. The molecule has 0 fully saturated rings. The van der Waals surface area contributed by atoms with E-state index >= 15 is 0 Å². The van der Waals surface area contributed by atoms with Gasteiger partial charge in [-0.3, -0.25) is 4.79 Å². The highest BCUT2D eigenvalue weighted by atomic mass is 16.5. The van der Waals surface area contributed by atoms with Crippen molar-refractivity contribution in [2.24, 2.45) is 0 Å². The van der Waals surface area contributed by atoms with Crippen LogP contribution in [0.25, 0.3) is 0 Å². The van der Waals surface area contributed by atoms with Crippen LogP contribution >= 0.6 is 0 Å². The van der Waals surface area contributed by atoms with Crippen molar-refractivity contribution in [2.45, 2.75) is 46.1 Å². The molecule has 2 aromatic rings. The molecule has 1 aliphatic carbocycles. The molecule has 0 radical (unpaired) electrons. The molecular weight excluding hydrogens is 300 g/mol.